The van der Waals surface area contributed by atoms with Crippen molar-refractivity contribution in [2.45, 2.75) is 20.4 Å². The largest absolute Gasteiger partial charge is 0.325 e. The number of amides is 1. The molecule has 0 saturated carbocycles. The van der Waals surface area contributed by atoms with Crippen LogP contribution in [0.5, 0.6) is 0 Å². The topological polar surface area (TPSA) is 32.3 Å². The molecule has 0 unspecified atom stereocenters. The van der Waals surface area contributed by atoms with Gasteiger partial charge in [0.15, 0.2) is 0 Å². The Balaban J connectivity index is 1.92. The van der Waals surface area contributed by atoms with Gasteiger partial charge in [-0.1, -0.05) is 24.3 Å². The third kappa shape index (κ3) is 4.67. The molecule has 3 nitrogen and oxygen atoms in total. The Kier molecular flexibility index (Phi) is 5.28. The lowest BCUT2D eigenvalue weighted by Crippen LogP contribution is -2.30. The fourth-order valence-electron chi connectivity index (χ4n) is 2.31. The van der Waals surface area contributed by atoms with Crippen LogP contribution >= 0.6 is 0 Å². The van der Waals surface area contributed by atoms with E-state index in [0.29, 0.717) is 6.54 Å². The zero-order valence-corrected chi connectivity index (χ0v) is 13.2. The van der Waals surface area contributed by atoms with Crippen molar-refractivity contribution < 1.29 is 9.18 Å². The molecule has 2 aromatic rings. The number of nitrogens with zero attached hydrogens (tertiary/aromatic N) is 1. The molecule has 0 atom stereocenters. The van der Waals surface area contributed by atoms with Crippen molar-refractivity contribution in [3.8, 4) is 0 Å². The van der Waals surface area contributed by atoms with Crippen LogP contribution in [0.3, 0.4) is 0 Å². The summed E-state index contributed by atoms with van der Waals surface area (Å²) in [7, 11) is 1.84. The number of hydrogen-bond donors (Lipinski definition) is 1. The van der Waals surface area contributed by atoms with E-state index in [-0.39, 0.29) is 18.3 Å². The van der Waals surface area contributed by atoms with Crippen LogP contribution in [0.2, 0.25) is 0 Å². The fourth-order valence-corrected chi connectivity index (χ4v) is 2.31. The maximum atomic E-state index is 13.2. The third-order valence-electron chi connectivity index (χ3n) is 3.42. The van der Waals surface area contributed by atoms with Crippen molar-refractivity contribution in [3.63, 3.8) is 0 Å². The zero-order chi connectivity index (χ0) is 16.1. The first kappa shape index (κ1) is 16.2. The minimum atomic E-state index is -0.259. The lowest BCUT2D eigenvalue weighted by atomic mass is 10.1. The first-order valence-corrected chi connectivity index (χ1v) is 7.24. The van der Waals surface area contributed by atoms with Gasteiger partial charge in [0.05, 0.1) is 6.54 Å². The van der Waals surface area contributed by atoms with Gasteiger partial charge in [0, 0.05) is 12.2 Å². The summed E-state index contributed by atoms with van der Waals surface area (Å²) in [6, 6.07) is 12.4. The molecule has 0 saturated heterocycles. The van der Waals surface area contributed by atoms with Crippen molar-refractivity contribution in [2.75, 3.05) is 18.9 Å². The summed E-state index contributed by atoms with van der Waals surface area (Å²) < 4.78 is 13.2. The van der Waals surface area contributed by atoms with Crippen LogP contribution in [0.4, 0.5) is 10.1 Å². The molecule has 1 N–H and O–H groups in total. The number of hydrogen-bond acceptors (Lipinski definition) is 2. The number of rotatable bonds is 5. The second kappa shape index (κ2) is 7.18. The predicted molar refractivity (Wildman–Crippen MR) is 87.3 cm³/mol. The Labute approximate surface area is 130 Å². The number of likely N-dealkylation sites (N-methyl/N-ethyl adjacent to an activating group) is 1. The lowest BCUT2D eigenvalue weighted by molar-refractivity contribution is -0.117. The van der Waals surface area contributed by atoms with Gasteiger partial charge in [-0.3, -0.25) is 9.69 Å². The molecule has 0 radical (unpaired) electrons. The number of aryl methyl sites for hydroxylation is 2. The van der Waals surface area contributed by atoms with Crippen LogP contribution in [0.25, 0.3) is 0 Å². The second-order valence-electron chi connectivity index (χ2n) is 5.67. The first-order chi connectivity index (χ1) is 10.4. The molecule has 116 valence electrons. The van der Waals surface area contributed by atoms with E-state index in [4.69, 9.17) is 0 Å². The quantitative estimate of drug-likeness (QED) is 0.916. The molecule has 22 heavy (non-hydrogen) atoms. The monoisotopic (exact) mass is 300 g/mol. The summed E-state index contributed by atoms with van der Waals surface area (Å²) in [5.41, 5.74) is 3.83. The number of halogens is 1. The summed E-state index contributed by atoms with van der Waals surface area (Å²) in [6.45, 7) is 4.73. The van der Waals surface area contributed by atoms with Crippen LogP contribution < -0.4 is 5.32 Å². The van der Waals surface area contributed by atoms with Crippen molar-refractivity contribution in [2.24, 2.45) is 0 Å². The Hall–Kier alpha value is -2.20. The van der Waals surface area contributed by atoms with Gasteiger partial charge in [-0.2, -0.15) is 0 Å². The number of anilines is 1. The average molecular weight is 300 g/mol. The van der Waals surface area contributed by atoms with Gasteiger partial charge in [-0.25, -0.2) is 4.39 Å². The van der Waals surface area contributed by atoms with Gasteiger partial charge in [-0.15, -0.1) is 0 Å². The number of nitrogens with one attached hydrogen (secondary N) is 1. The van der Waals surface area contributed by atoms with Crippen LogP contribution in [-0.4, -0.2) is 24.4 Å². The maximum absolute atomic E-state index is 13.2. The second-order valence-corrected chi connectivity index (χ2v) is 5.67. The van der Waals surface area contributed by atoms with E-state index in [1.165, 1.54) is 12.1 Å². The fraction of sp³-hybridized carbons (Fsp3) is 0.278. The van der Waals surface area contributed by atoms with Crippen LogP contribution in [-0.2, 0) is 11.3 Å². The van der Waals surface area contributed by atoms with Crippen LogP contribution in [0.15, 0.2) is 42.5 Å². The minimum absolute atomic E-state index is 0.0763. The summed E-state index contributed by atoms with van der Waals surface area (Å²) >= 11 is 0. The third-order valence-corrected chi connectivity index (χ3v) is 3.42. The molecule has 0 aliphatic carbocycles. The first-order valence-electron chi connectivity index (χ1n) is 7.24. The molecule has 1 amide bonds. The van der Waals surface area contributed by atoms with E-state index in [0.717, 1.165) is 22.4 Å². The Bertz CT molecular complexity index is 670. The summed E-state index contributed by atoms with van der Waals surface area (Å²) in [6.07, 6.45) is 0. The molecule has 2 rings (SSSR count). The van der Waals surface area contributed by atoms with E-state index in [9.17, 15) is 9.18 Å². The van der Waals surface area contributed by atoms with Gasteiger partial charge < -0.3 is 5.32 Å². The van der Waals surface area contributed by atoms with Crippen LogP contribution in [0.1, 0.15) is 16.7 Å². The van der Waals surface area contributed by atoms with E-state index in [1.807, 2.05) is 50.1 Å². The highest BCUT2D eigenvalue weighted by atomic mass is 19.1. The zero-order valence-electron chi connectivity index (χ0n) is 13.2. The molecule has 0 heterocycles. The molecule has 0 aromatic heterocycles. The van der Waals surface area contributed by atoms with E-state index >= 15 is 0 Å². The molecule has 2 aromatic carbocycles. The predicted octanol–water partition coefficient (Wildman–Crippen LogP) is 3.51. The minimum Gasteiger partial charge on any atom is -0.325 e. The van der Waals surface area contributed by atoms with Crippen molar-refractivity contribution in [3.05, 3.63) is 65.0 Å². The molecule has 0 bridgehead atoms. The number of carbonyl (C=O) groups is 1. The highest BCUT2D eigenvalue weighted by Crippen LogP contribution is 2.16. The van der Waals surface area contributed by atoms with Gasteiger partial charge in [0.1, 0.15) is 5.82 Å². The summed E-state index contributed by atoms with van der Waals surface area (Å²) in [4.78, 5) is 14.0. The van der Waals surface area contributed by atoms with E-state index in [1.54, 1.807) is 6.07 Å². The van der Waals surface area contributed by atoms with Crippen molar-refractivity contribution in [1.29, 1.82) is 0 Å². The molecule has 0 spiro atoms. The maximum Gasteiger partial charge on any atom is 0.238 e. The smallest absolute Gasteiger partial charge is 0.238 e. The van der Waals surface area contributed by atoms with E-state index in [2.05, 4.69) is 5.32 Å². The SMILES string of the molecule is Cc1ccc(C)c(NC(=O)CN(C)Cc2cccc(F)c2)c1. The Morgan fingerprint density at radius 3 is 2.68 bits per heavy atom. The van der Waals surface area contributed by atoms with Gasteiger partial charge >= 0.3 is 0 Å². The average Bonchev–Trinajstić information content (AvgIpc) is 2.42. The van der Waals surface area contributed by atoms with Crippen molar-refractivity contribution in [1.82, 2.24) is 4.90 Å². The number of carbonyl (C=O) groups excluding carboxylic acids is 1. The highest BCUT2D eigenvalue weighted by molar-refractivity contribution is 5.93. The Morgan fingerprint density at radius 1 is 1.18 bits per heavy atom. The Morgan fingerprint density at radius 2 is 1.95 bits per heavy atom. The molecular formula is C18H21FN2O. The van der Waals surface area contributed by atoms with Crippen LogP contribution in [0, 0.1) is 19.7 Å². The molecule has 0 aliphatic rings. The molecule has 0 aliphatic heterocycles. The van der Waals surface area contributed by atoms with Crippen molar-refractivity contribution >= 4 is 11.6 Å². The number of benzene rings is 2. The highest BCUT2D eigenvalue weighted by Gasteiger charge is 2.09. The normalized spacial score (nSPS) is 10.8. The standard InChI is InChI=1S/C18H21FN2O/c1-13-7-8-14(2)17(9-13)20-18(22)12-21(3)11-15-5-4-6-16(19)10-15/h4-10H,11-12H2,1-3H3,(H,20,22). The molecule has 0 fully saturated rings. The van der Waals surface area contributed by atoms with Gasteiger partial charge in [0.25, 0.3) is 0 Å². The van der Waals surface area contributed by atoms with Gasteiger partial charge in [-0.05, 0) is 55.8 Å². The lowest BCUT2D eigenvalue weighted by Gasteiger charge is -2.17. The van der Waals surface area contributed by atoms with E-state index < -0.39 is 0 Å². The summed E-state index contributed by atoms with van der Waals surface area (Å²) in [5.74, 6) is -0.335. The van der Waals surface area contributed by atoms with Gasteiger partial charge in [0.2, 0.25) is 5.91 Å². The summed E-state index contributed by atoms with van der Waals surface area (Å²) in [5, 5.41) is 2.92. The molecule has 4 heteroatoms. The molecular weight excluding hydrogens is 279 g/mol.